The molecule has 1 aromatic rings. The minimum absolute atomic E-state index is 0.141. The second-order valence-corrected chi connectivity index (χ2v) is 2.54. The number of terminal acetylenes is 1. The van der Waals surface area contributed by atoms with E-state index >= 15 is 0 Å². The Morgan fingerprint density at radius 2 is 2.29 bits per heavy atom. The van der Waals surface area contributed by atoms with Gasteiger partial charge >= 0.3 is 0 Å². The van der Waals surface area contributed by atoms with Gasteiger partial charge in [0, 0.05) is 35.2 Å². The predicted molar refractivity (Wildman–Crippen MR) is 53.3 cm³/mol. The van der Waals surface area contributed by atoms with Crippen LogP contribution in [0.3, 0.4) is 0 Å². The zero-order valence-electron chi connectivity index (χ0n) is 7.15. The summed E-state index contributed by atoms with van der Waals surface area (Å²) < 4.78 is 0. The number of nitrogens with one attached hydrogen (secondary N) is 1. The number of non-ortho nitro benzene ring substituents is 1. The lowest BCUT2D eigenvalue weighted by atomic mass is 10.1. The topological polar surface area (TPSA) is 93.0 Å². The van der Waals surface area contributed by atoms with Crippen molar-refractivity contribution >= 4 is 17.6 Å². The first-order valence-electron chi connectivity index (χ1n) is 3.65. The number of nitro groups is 1. The van der Waals surface area contributed by atoms with E-state index in [9.17, 15) is 10.1 Å². The van der Waals surface area contributed by atoms with E-state index in [1.54, 1.807) is 0 Å². The molecule has 0 aliphatic carbocycles. The fourth-order valence-electron chi connectivity index (χ4n) is 1.05. The van der Waals surface area contributed by atoms with Crippen LogP contribution in [0, 0.1) is 27.9 Å². The zero-order chi connectivity index (χ0) is 10.7. The molecule has 5 heteroatoms. The quantitative estimate of drug-likeness (QED) is 0.240. The molecule has 0 amide bonds. The fraction of sp³-hybridized carbons (Fsp3) is 0. The smallest absolute Gasteiger partial charge is 0.272 e. The molecule has 0 spiro atoms. The van der Waals surface area contributed by atoms with Crippen LogP contribution in [0.2, 0.25) is 0 Å². The fourth-order valence-corrected chi connectivity index (χ4v) is 1.05. The van der Waals surface area contributed by atoms with Gasteiger partial charge in [-0.2, -0.15) is 0 Å². The van der Waals surface area contributed by atoms with E-state index < -0.39 is 4.92 Å². The van der Waals surface area contributed by atoms with Gasteiger partial charge in [-0.05, 0) is 0 Å². The van der Waals surface area contributed by atoms with Crippen molar-refractivity contribution in [3.8, 4) is 12.3 Å². The molecule has 0 heterocycles. The van der Waals surface area contributed by atoms with E-state index in [1.807, 2.05) is 0 Å². The van der Waals surface area contributed by atoms with Crippen molar-refractivity contribution in [3.63, 3.8) is 0 Å². The normalized spacial score (nSPS) is 9.07. The molecular weight excluding hydrogens is 182 g/mol. The number of nitrogens with two attached hydrogens (primary N) is 1. The Bertz CT molecular complexity index is 446. The standard InChI is InChI=1S/C9H7N3O2/c1-2-6-3-7(12(13)14)4-9(11)8(6)5-10/h1,3-5,10H,11H2. The summed E-state index contributed by atoms with van der Waals surface area (Å²) in [5, 5.41) is 17.5. The van der Waals surface area contributed by atoms with Gasteiger partial charge < -0.3 is 11.1 Å². The lowest BCUT2D eigenvalue weighted by molar-refractivity contribution is -0.384. The molecule has 0 atom stereocenters. The maximum atomic E-state index is 10.4. The predicted octanol–water partition coefficient (Wildman–Crippen LogP) is 1.16. The van der Waals surface area contributed by atoms with Crippen LogP contribution in [-0.2, 0) is 0 Å². The molecule has 3 N–H and O–H groups in total. The molecule has 14 heavy (non-hydrogen) atoms. The van der Waals surface area contributed by atoms with Crippen LogP contribution in [0.4, 0.5) is 11.4 Å². The summed E-state index contributed by atoms with van der Waals surface area (Å²) in [5.41, 5.74) is 6.06. The number of rotatable bonds is 2. The summed E-state index contributed by atoms with van der Waals surface area (Å²) in [6.07, 6.45) is 6.11. The number of hydrogen-bond donors (Lipinski definition) is 2. The van der Waals surface area contributed by atoms with Crippen molar-refractivity contribution in [3.05, 3.63) is 33.4 Å². The SMILES string of the molecule is C#Cc1cc([N+](=O)[O-])cc(N)c1C=N. The van der Waals surface area contributed by atoms with E-state index in [0.29, 0.717) is 5.56 Å². The average molecular weight is 189 g/mol. The van der Waals surface area contributed by atoms with Crippen molar-refractivity contribution in [2.24, 2.45) is 0 Å². The second kappa shape index (κ2) is 3.58. The van der Waals surface area contributed by atoms with Crippen molar-refractivity contribution in [2.75, 3.05) is 5.73 Å². The zero-order valence-corrected chi connectivity index (χ0v) is 7.15. The lowest BCUT2D eigenvalue weighted by Gasteiger charge is -2.02. The van der Waals surface area contributed by atoms with E-state index in [1.165, 1.54) is 12.1 Å². The van der Waals surface area contributed by atoms with Crippen LogP contribution in [-0.4, -0.2) is 11.1 Å². The Kier molecular flexibility index (Phi) is 2.49. The van der Waals surface area contributed by atoms with Gasteiger partial charge in [0.15, 0.2) is 0 Å². The van der Waals surface area contributed by atoms with Crippen molar-refractivity contribution < 1.29 is 4.92 Å². The number of hydrogen-bond acceptors (Lipinski definition) is 4. The molecule has 0 saturated heterocycles. The highest BCUT2D eigenvalue weighted by molar-refractivity contribution is 5.89. The Hall–Kier alpha value is -2.35. The third-order valence-electron chi connectivity index (χ3n) is 1.71. The number of nitrogens with zero attached hydrogens (tertiary/aromatic N) is 1. The highest BCUT2D eigenvalue weighted by Gasteiger charge is 2.12. The molecule has 0 aromatic heterocycles. The summed E-state index contributed by atoms with van der Waals surface area (Å²) in [6.45, 7) is 0. The van der Waals surface area contributed by atoms with Crippen LogP contribution in [0.15, 0.2) is 12.1 Å². The third kappa shape index (κ3) is 1.54. The Labute approximate surface area is 80.2 Å². The van der Waals surface area contributed by atoms with E-state index in [0.717, 1.165) is 6.21 Å². The highest BCUT2D eigenvalue weighted by atomic mass is 16.6. The van der Waals surface area contributed by atoms with E-state index in [2.05, 4.69) is 5.92 Å². The van der Waals surface area contributed by atoms with Crippen LogP contribution < -0.4 is 5.73 Å². The van der Waals surface area contributed by atoms with Crippen LogP contribution >= 0.6 is 0 Å². The van der Waals surface area contributed by atoms with Gasteiger partial charge in [-0.15, -0.1) is 6.42 Å². The molecule has 0 saturated carbocycles. The summed E-state index contributed by atoms with van der Waals surface area (Å²) in [6, 6.07) is 2.40. The summed E-state index contributed by atoms with van der Waals surface area (Å²) >= 11 is 0. The first kappa shape index (κ1) is 9.74. The second-order valence-electron chi connectivity index (χ2n) is 2.54. The number of nitro benzene ring substituents is 1. The summed E-state index contributed by atoms with van der Waals surface area (Å²) in [4.78, 5) is 9.87. The van der Waals surface area contributed by atoms with Gasteiger partial charge in [-0.1, -0.05) is 5.92 Å². The van der Waals surface area contributed by atoms with Crippen molar-refractivity contribution in [1.82, 2.24) is 0 Å². The van der Waals surface area contributed by atoms with Gasteiger partial charge in [-0.3, -0.25) is 10.1 Å². The maximum Gasteiger partial charge on any atom is 0.272 e. The van der Waals surface area contributed by atoms with Crippen molar-refractivity contribution in [1.29, 1.82) is 5.41 Å². The Morgan fingerprint density at radius 3 is 2.71 bits per heavy atom. The molecule has 1 rings (SSSR count). The molecule has 0 aliphatic rings. The Morgan fingerprint density at radius 1 is 1.64 bits per heavy atom. The maximum absolute atomic E-state index is 10.4. The number of nitrogen functional groups attached to an aromatic ring is 1. The molecular formula is C9H7N3O2. The minimum atomic E-state index is -0.578. The van der Waals surface area contributed by atoms with Gasteiger partial charge in [0.1, 0.15) is 0 Å². The molecule has 0 unspecified atom stereocenters. The molecule has 0 radical (unpaired) electrons. The minimum Gasteiger partial charge on any atom is -0.398 e. The molecule has 70 valence electrons. The van der Waals surface area contributed by atoms with E-state index in [-0.39, 0.29) is 16.9 Å². The van der Waals surface area contributed by atoms with Gasteiger partial charge in [0.05, 0.1) is 4.92 Å². The summed E-state index contributed by atoms with van der Waals surface area (Å²) in [7, 11) is 0. The first-order chi connectivity index (χ1) is 6.60. The largest absolute Gasteiger partial charge is 0.398 e. The van der Waals surface area contributed by atoms with Gasteiger partial charge in [0.2, 0.25) is 0 Å². The highest BCUT2D eigenvalue weighted by Crippen LogP contribution is 2.22. The first-order valence-corrected chi connectivity index (χ1v) is 3.65. The summed E-state index contributed by atoms with van der Waals surface area (Å²) in [5.74, 6) is 2.25. The molecule has 1 aromatic carbocycles. The monoisotopic (exact) mass is 189 g/mol. The molecule has 0 aliphatic heterocycles. The Balaban J connectivity index is 3.48. The van der Waals surface area contributed by atoms with Crippen LogP contribution in [0.5, 0.6) is 0 Å². The van der Waals surface area contributed by atoms with Crippen molar-refractivity contribution in [2.45, 2.75) is 0 Å². The molecule has 0 fully saturated rings. The van der Waals surface area contributed by atoms with Crippen LogP contribution in [0.25, 0.3) is 0 Å². The van der Waals surface area contributed by atoms with E-state index in [4.69, 9.17) is 17.6 Å². The lowest BCUT2D eigenvalue weighted by Crippen LogP contribution is -1.99. The number of benzene rings is 1. The van der Waals surface area contributed by atoms with Gasteiger partial charge in [-0.25, -0.2) is 0 Å². The van der Waals surface area contributed by atoms with Crippen LogP contribution in [0.1, 0.15) is 11.1 Å². The third-order valence-corrected chi connectivity index (χ3v) is 1.71. The molecule has 5 nitrogen and oxygen atoms in total. The molecule has 0 bridgehead atoms. The average Bonchev–Trinajstić information content (AvgIpc) is 2.16. The number of anilines is 1. The van der Waals surface area contributed by atoms with Gasteiger partial charge in [0.25, 0.3) is 5.69 Å².